The number of hydrogen-bond acceptors (Lipinski definition) is 2. The van der Waals surface area contributed by atoms with Crippen LogP contribution in [0.1, 0.15) is 20.3 Å². The predicted octanol–water partition coefficient (Wildman–Crippen LogP) is 1.10. The van der Waals surface area contributed by atoms with Crippen molar-refractivity contribution in [3.63, 3.8) is 0 Å². The van der Waals surface area contributed by atoms with Crippen LogP contribution in [-0.4, -0.2) is 53.6 Å². The zero-order valence-electron chi connectivity index (χ0n) is 10.1. The van der Waals surface area contributed by atoms with Crippen molar-refractivity contribution in [2.24, 2.45) is 11.8 Å². The molecule has 1 aliphatic heterocycles. The molecule has 0 radical (unpaired) electrons. The normalized spacial score (nSPS) is 25.3. The van der Waals surface area contributed by atoms with Crippen LogP contribution in [-0.2, 0) is 4.79 Å². The summed E-state index contributed by atoms with van der Waals surface area (Å²) < 4.78 is 0. The second-order valence-corrected chi connectivity index (χ2v) is 4.88. The van der Waals surface area contributed by atoms with Gasteiger partial charge in [0.25, 0.3) is 0 Å². The maximum Gasteiger partial charge on any atom is 0.323 e. The van der Waals surface area contributed by atoms with Crippen molar-refractivity contribution in [2.75, 3.05) is 26.7 Å². The first kappa shape index (κ1) is 12.8. The average molecular weight is 228 g/mol. The Bertz CT molecular complexity index is 270. The van der Waals surface area contributed by atoms with Crippen molar-refractivity contribution in [1.82, 2.24) is 9.80 Å². The van der Waals surface area contributed by atoms with Crippen LogP contribution in [0.3, 0.4) is 0 Å². The maximum absolute atomic E-state index is 11.9. The summed E-state index contributed by atoms with van der Waals surface area (Å²) in [5.41, 5.74) is 0. The van der Waals surface area contributed by atoms with Crippen LogP contribution in [0.15, 0.2) is 0 Å². The van der Waals surface area contributed by atoms with Crippen molar-refractivity contribution < 1.29 is 14.7 Å². The van der Waals surface area contributed by atoms with Crippen molar-refractivity contribution in [1.29, 1.82) is 0 Å². The molecule has 1 fully saturated rings. The summed E-state index contributed by atoms with van der Waals surface area (Å²) in [4.78, 5) is 25.4. The number of carboxylic acids is 1. The third kappa shape index (κ3) is 3.40. The molecule has 5 heteroatoms. The molecule has 92 valence electrons. The topological polar surface area (TPSA) is 60.9 Å². The number of urea groups is 1. The molecular formula is C11H20N2O3. The number of nitrogens with zero attached hydrogens (tertiary/aromatic N) is 2. The summed E-state index contributed by atoms with van der Waals surface area (Å²) in [6.07, 6.45) is 1.13. The van der Waals surface area contributed by atoms with Gasteiger partial charge in [0.2, 0.25) is 0 Å². The summed E-state index contributed by atoms with van der Waals surface area (Å²) in [5, 5.41) is 8.62. The Morgan fingerprint density at radius 1 is 1.31 bits per heavy atom. The molecule has 0 aromatic heterocycles. The second kappa shape index (κ2) is 5.18. The van der Waals surface area contributed by atoms with Gasteiger partial charge >= 0.3 is 12.0 Å². The lowest BCUT2D eigenvalue weighted by Gasteiger charge is -2.36. The Labute approximate surface area is 96.0 Å². The van der Waals surface area contributed by atoms with Crippen LogP contribution in [0.2, 0.25) is 0 Å². The fourth-order valence-electron chi connectivity index (χ4n) is 2.33. The van der Waals surface area contributed by atoms with Gasteiger partial charge in [0.05, 0.1) is 0 Å². The number of likely N-dealkylation sites (N-methyl/N-ethyl adjacent to an activating group) is 1. The first-order valence-corrected chi connectivity index (χ1v) is 5.62. The quantitative estimate of drug-likeness (QED) is 0.770. The van der Waals surface area contributed by atoms with Crippen LogP contribution in [0.4, 0.5) is 4.79 Å². The number of likely N-dealkylation sites (tertiary alicyclic amines) is 1. The minimum Gasteiger partial charge on any atom is -0.480 e. The van der Waals surface area contributed by atoms with Crippen LogP contribution < -0.4 is 0 Å². The highest BCUT2D eigenvalue weighted by Gasteiger charge is 2.27. The summed E-state index contributed by atoms with van der Waals surface area (Å²) in [5.74, 6) is 0.00538. The Hall–Kier alpha value is -1.26. The fourth-order valence-corrected chi connectivity index (χ4v) is 2.33. The molecule has 2 amide bonds. The van der Waals surface area contributed by atoms with Gasteiger partial charge in [-0.1, -0.05) is 13.8 Å². The van der Waals surface area contributed by atoms with E-state index in [-0.39, 0.29) is 12.6 Å². The van der Waals surface area contributed by atoms with Gasteiger partial charge in [-0.05, 0) is 18.3 Å². The molecule has 1 saturated heterocycles. The van der Waals surface area contributed by atoms with Crippen LogP contribution >= 0.6 is 0 Å². The number of carboxylic acid groups (broad SMARTS) is 1. The summed E-state index contributed by atoms with van der Waals surface area (Å²) >= 11 is 0. The third-order valence-corrected chi connectivity index (χ3v) is 2.84. The molecule has 16 heavy (non-hydrogen) atoms. The van der Waals surface area contributed by atoms with Crippen LogP contribution in [0.25, 0.3) is 0 Å². The van der Waals surface area contributed by atoms with E-state index in [9.17, 15) is 9.59 Å². The van der Waals surface area contributed by atoms with Gasteiger partial charge in [-0.15, -0.1) is 0 Å². The Morgan fingerprint density at radius 3 is 2.25 bits per heavy atom. The summed E-state index contributed by atoms with van der Waals surface area (Å²) in [6, 6.07) is -0.180. The lowest BCUT2D eigenvalue weighted by atomic mass is 9.92. The highest BCUT2D eigenvalue weighted by Crippen LogP contribution is 2.21. The molecule has 1 N–H and O–H groups in total. The fraction of sp³-hybridized carbons (Fsp3) is 0.818. The average Bonchev–Trinajstić information content (AvgIpc) is 2.13. The van der Waals surface area contributed by atoms with Crippen molar-refractivity contribution >= 4 is 12.0 Å². The van der Waals surface area contributed by atoms with Crippen LogP contribution in [0.5, 0.6) is 0 Å². The first-order chi connectivity index (χ1) is 7.40. The molecule has 2 unspecified atom stereocenters. The summed E-state index contributed by atoms with van der Waals surface area (Å²) in [7, 11) is 1.53. The molecule has 0 aliphatic carbocycles. The lowest BCUT2D eigenvalue weighted by Crippen LogP contribution is -2.49. The number of aliphatic carboxylic acids is 1. The van der Waals surface area contributed by atoms with E-state index in [1.165, 1.54) is 11.9 Å². The number of carbonyl (C=O) groups is 2. The van der Waals surface area contributed by atoms with E-state index in [2.05, 4.69) is 13.8 Å². The molecule has 0 spiro atoms. The van der Waals surface area contributed by atoms with Gasteiger partial charge < -0.3 is 14.9 Å². The zero-order chi connectivity index (χ0) is 12.3. The second-order valence-electron chi connectivity index (χ2n) is 4.88. The number of carbonyl (C=O) groups excluding carboxylic acids is 1. The summed E-state index contributed by atoms with van der Waals surface area (Å²) in [6.45, 7) is 5.46. The highest BCUT2D eigenvalue weighted by molar-refractivity contribution is 5.80. The number of amides is 2. The molecule has 5 nitrogen and oxygen atoms in total. The minimum absolute atomic E-state index is 0.180. The van der Waals surface area contributed by atoms with E-state index in [1.807, 2.05) is 0 Å². The zero-order valence-corrected chi connectivity index (χ0v) is 10.1. The SMILES string of the molecule is CC1CC(C)CN(C(=O)N(C)CC(=O)O)C1. The Kier molecular flexibility index (Phi) is 4.15. The molecule has 0 bridgehead atoms. The standard InChI is InChI=1S/C11H20N2O3/c1-8-4-9(2)6-13(5-8)11(16)12(3)7-10(14)15/h8-9H,4-7H2,1-3H3,(H,14,15). The molecule has 1 rings (SSSR count). The monoisotopic (exact) mass is 228 g/mol. The minimum atomic E-state index is -0.978. The van der Waals surface area contributed by atoms with Gasteiger partial charge in [-0.25, -0.2) is 4.79 Å². The van der Waals surface area contributed by atoms with Gasteiger partial charge in [-0.3, -0.25) is 4.79 Å². The maximum atomic E-state index is 11.9. The lowest BCUT2D eigenvalue weighted by molar-refractivity contribution is -0.137. The Morgan fingerprint density at radius 2 is 1.81 bits per heavy atom. The van der Waals surface area contributed by atoms with E-state index in [1.54, 1.807) is 4.90 Å². The largest absolute Gasteiger partial charge is 0.480 e. The van der Waals surface area contributed by atoms with Gasteiger partial charge in [-0.2, -0.15) is 0 Å². The van der Waals surface area contributed by atoms with E-state index in [0.29, 0.717) is 11.8 Å². The van der Waals surface area contributed by atoms with E-state index < -0.39 is 5.97 Å². The molecule has 0 aromatic rings. The van der Waals surface area contributed by atoms with E-state index >= 15 is 0 Å². The van der Waals surface area contributed by atoms with Gasteiger partial charge in [0.15, 0.2) is 0 Å². The molecule has 2 atom stereocenters. The van der Waals surface area contributed by atoms with Crippen molar-refractivity contribution in [3.8, 4) is 0 Å². The molecule has 1 aliphatic rings. The van der Waals surface area contributed by atoms with E-state index in [0.717, 1.165) is 19.5 Å². The van der Waals surface area contributed by atoms with Gasteiger partial charge in [0.1, 0.15) is 6.54 Å². The molecule has 0 saturated carbocycles. The highest BCUT2D eigenvalue weighted by atomic mass is 16.4. The van der Waals surface area contributed by atoms with Crippen LogP contribution in [0, 0.1) is 11.8 Å². The van der Waals surface area contributed by atoms with Crippen molar-refractivity contribution in [2.45, 2.75) is 20.3 Å². The molecule has 1 heterocycles. The smallest absolute Gasteiger partial charge is 0.323 e. The number of hydrogen-bond donors (Lipinski definition) is 1. The number of piperidine rings is 1. The number of rotatable bonds is 2. The Balaban J connectivity index is 2.55. The van der Waals surface area contributed by atoms with E-state index in [4.69, 9.17) is 5.11 Å². The third-order valence-electron chi connectivity index (χ3n) is 2.84. The molecular weight excluding hydrogens is 208 g/mol. The molecule has 0 aromatic carbocycles. The first-order valence-electron chi connectivity index (χ1n) is 5.62. The van der Waals surface area contributed by atoms with Crippen molar-refractivity contribution in [3.05, 3.63) is 0 Å². The van der Waals surface area contributed by atoms with Gasteiger partial charge in [0, 0.05) is 20.1 Å². The predicted molar refractivity (Wildman–Crippen MR) is 60.2 cm³/mol.